The molecule has 0 bridgehead atoms. The molecule has 7 nitrogen and oxygen atoms in total. The van der Waals surface area contributed by atoms with E-state index in [1.165, 1.54) is 11.1 Å². The minimum absolute atomic E-state index is 0.104. The molecule has 0 aromatic heterocycles. The van der Waals surface area contributed by atoms with Gasteiger partial charge >= 0.3 is 0 Å². The molecule has 1 aliphatic rings. The first-order valence-electron chi connectivity index (χ1n) is 12.7. The highest BCUT2D eigenvalue weighted by Gasteiger charge is 2.45. The first-order chi connectivity index (χ1) is 16.6. The maximum absolute atomic E-state index is 10.9. The first-order valence-corrected chi connectivity index (χ1v) is 12.7. The van der Waals surface area contributed by atoms with Crippen molar-refractivity contribution in [2.75, 3.05) is 6.61 Å². The maximum Gasteiger partial charge on any atom is 0.210 e. The van der Waals surface area contributed by atoms with Gasteiger partial charge in [0.1, 0.15) is 17.6 Å². The van der Waals surface area contributed by atoms with E-state index in [2.05, 4.69) is 46.8 Å². The third kappa shape index (κ3) is 8.62. The van der Waals surface area contributed by atoms with Gasteiger partial charge in [0.25, 0.3) is 0 Å². The number of hydrogen-bond donors (Lipinski definition) is 5. The van der Waals surface area contributed by atoms with Crippen molar-refractivity contribution >= 4 is 0 Å². The SMILES string of the molecule is CCC(C)CCc1cc(O)c(C/C=C(\C)CCC=C(C)C)c(OC2O[C@H](O)[C@@H](O)[C@H](O)[C@H]2CO)c1. The van der Waals surface area contributed by atoms with Crippen molar-refractivity contribution in [2.24, 2.45) is 11.8 Å². The quantitative estimate of drug-likeness (QED) is 0.280. The Morgan fingerprint density at radius 1 is 1.11 bits per heavy atom. The van der Waals surface area contributed by atoms with Gasteiger partial charge in [0.15, 0.2) is 6.29 Å². The van der Waals surface area contributed by atoms with Crippen LogP contribution in [-0.2, 0) is 17.6 Å². The van der Waals surface area contributed by atoms with Gasteiger partial charge in [-0.25, -0.2) is 0 Å². The summed E-state index contributed by atoms with van der Waals surface area (Å²) in [5, 5.41) is 50.9. The molecule has 1 aromatic carbocycles. The Hall–Kier alpha value is -1.90. The fraction of sp³-hybridized carbons (Fsp3) is 0.643. The van der Waals surface area contributed by atoms with Crippen LogP contribution in [0, 0.1) is 11.8 Å². The summed E-state index contributed by atoms with van der Waals surface area (Å²) >= 11 is 0. The minimum Gasteiger partial charge on any atom is -0.508 e. The molecule has 0 radical (unpaired) electrons. The number of aliphatic hydroxyl groups is 4. The summed E-state index contributed by atoms with van der Waals surface area (Å²) in [5.41, 5.74) is 3.93. The number of phenolic OH excluding ortho intramolecular Hbond substituents is 1. The fourth-order valence-electron chi connectivity index (χ4n) is 4.06. The van der Waals surface area contributed by atoms with Crippen LogP contribution in [0.5, 0.6) is 11.5 Å². The highest BCUT2D eigenvalue weighted by atomic mass is 16.7. The minimum atomic E-state index is -1.65. The summed E-state index contributed by atoms with van der Waals surface area (Å²) < 4.78 is 11.5. The number of benzene rings is 1. The fourth-order valence-corrected chi connectivity index (χ4v) is 4.06. The monoisotopic (exact) mass is 492 g/mol. The van der Waals surface area contributed by atoms with Crippen molar-refractivity contribution in [3.05, 3.63) is 46.6 Å². The Labute approximate surface area is 209 Å². The van der Waals surface area contributed by atoms with Crippen LogP contribution in [0.15, 0.2) is 35.4 Å². The van der Waals surface area contributed by atoms with Gasteiger partial charge < -0.3 is 35.0 Å². The summed E-state index contributed by atoms with van der Waals surface area (Å²) in [7, 11) is 0. The zero-order valence-corrected chi connectivity index (χ0v) is 21.8. The Morgan fingerprint density at radius 2 is 1.83 bits per heavy atom. The van der Waals surface area contributed by atoms with Crippen LogP contribution >= 0.6 is 0 Å². The average Bonchev–Trinajstić information content (AvgIpc) is 2.80. The number of aromatic hydroxyl groups is 1. The van der Waals surface area contributed by atoms with Crippen LogP contribution < -0.4 is 4.74 Å². The van der Waals surface area contributed by atoms with Crippen LogP contribution in [-0.4, -0.2) is 56.9 Å². The topological polar surface area (TPSA) is 120 Å². The van der Waals surface area contributed by atoms with E-state index in [-0.39, 0.29) is 5.75 Å². The van der Waals surface area contributed by atoms with Gasteiger partial charge in [-0.1, -0.05) is 43.6 Å². The lowest BCUT2D eigenvalue weighted by atomic mass is 9.94. The number of hydrogen-bond acceptors (Lipinski definition) is 7. The molecule has 1 heterocycles. The normalized spacial score (nSPS) is 25.9. The molecule has 1 saturated heterocycles. The summed E-state index contributed by atoms with van der Waals surface area (Å²) in [5.74, 6) is 0.0533. The van der Waals surface area contributed by atoms with Crippen LogP contribution in [0.4, 0.5) is 0 Å². The lowest BCUT2D eigenvalue weighted by Crippen LogP contribution is -2.57. The Bertz CT molecular complexity index is 859. The van der Waals surface area contributed by atoms with E-state index >= 15 is 0 Å². The molecule has 35 heavy (non-hydrogen) atoms. The third-order valence-corrected chi connectivity index (χ3v) is 6.77. The second kappa shape index (κ2) is 14.0. The molecular weight excluding hydrogens is 448 g/mol. The van der Waals surface area contributed by atoms with Gasteiger partial charge in [0.2, 0.25) is 6.29 Å². The molecule has 0 amide bonds. The molecule has 1 fully saturated rings. The van der Waals surface area contributed by atoms with E-state index in [0.717, 1.165) is 37.7 Å². The van der Waals surface area contributed by atoms with Gasteiger partial charge in [-0.15, -0.1) is 0 Å². The van der Waals surface area contributed by atoms with Crippen molar-refractivity contribution < 1.29 is 35.0 Å². The molecule has 1 aliphatic heterocycles. The third-order valence-electron chi connectivity index (χ3n) is 6.77. The number of aliphatic hydroxyl groups excluding tert-OH is 4. The molecule has 198 valence electrons. The molecule has 5 N–H and O–H groups in total. The van der Waals surface area contributed by atoms with E-state index in [1.54, 1.807) is 6.07 Å². The maximum atomic E-state index is 10.9. The molecule has 2 rings (SSSR count). The molecule has 0 spiro atoms. The average molecular weight is 493 g/mol. The van der Waals surface area contributed by atoms with Crippen LogP contribution in [0.1, 0.15) is 71.4 Å². The first kappa shape index (κ1) is 29.3. The number of rotatable bonds is 12. The summed E-state index contributed by atoms with van der Waals surface area (Å²) in [6.45, 7) is 10.0. The van der Waals surface area contributed by atoms with Gasteiger partial charge in [0, 0.05) is 5.56 Å². The highest BCUT2D eigenvalue weighted by molar-refractivity contribution is 5.48. The standard InChI is InChI=1S/C28H44O7/c1-6-18(4)10-12-20-14-23(30)21(13-11-19(5)9-7-8-17(2)3)24(15-20)34-28-22(16-29)25(31)26(32)27(33)35-28/h8,11,14-15,18,22,25-33H,6-7,9-10,12-13,16H2,1-5H3/b19-11+/t18?,22-,25-,26+,27+,28?/m1/s1. The second-order valence-electron chi connectivity index (χ2n) is 10.1. The van der Waals surface area contributed by atoms with Gasteiger partial charge in [-0.05, 0) is 76.5 Å². The summed E-state index contributed by atoms with van der Waals surface area (Å²) in [6, 6.07) is 3.61. The lowest BCUT2D eigenvalue weighted by molar-refractivity contribution is -0.312. The van der Waals surface area contributed by atoms with Crippen molar-refractivity contribution in [2.45, 2.75) is 97.9 Å². The van der Waals surface area contributed by atoms with E-state index in [0.29, 0.717) is 23.7 Å². The Kier molecular flexibility index (Phi) is 11.7. The number of ether oxygens (including phenoxy) is 2. The largest absolute Gasteiger partial charge is 0.508 e. The van der Waals surface area contributed by atoms with E-state index < -0.39 is 37.3 Å². The second-order valence-corrected chi connectivity index (χ2v) is 10.1. The van der Waals surface area contributed by atoms with Crippen LogP contribution in [0.25, 0.3) is 0 Å². The Morgan fingerprint density at radius 3 is 2.46 bits per heavy atom. The van der Waals surface area contributed by atoms with Crippen LogP contribution in [0.2, 0.25) is 0 Å². The van der Waals surface area contributed by atoms with Crippen LogP contribution in [0.3, 0.4) is 0 Å². The number of aryl methyl sites for hydroxylation is 1. The number of allylic oxidation sites excluding steroid dienone is 4. The molecule has 1 aromatic rings. The van der Waals surface area contributed by atoms with Crippen molar-refractivity contribution in [1.82, 2.24) is 0 Å². The van der Waals surface area contributed by atoms with E-state index in [1.807, 2.05) is 6.07 Å². The van der Waals surface area contributed by atoms with E-state index in [9.17, 15) is 25.5 Å². The predicted octanol–water partition coefficient (Wildman–Crippen LogP) is 3.99. The van der Waals surface area contributed by atoms with E-state index in [4.69, 9.17) is 9.47 Å². The molecule has 6 atom stereocenters. The summed E-state index contributed by atoms with van der Waals surface area (Å²) in [4.78, 5) is 0. The van der Waals surface area contributed by atoms with Gasteiger partial charge in [0.05, 0.1) is 18.6 Å². The zero-order valence-electron chi connectivity index (χ0n) is 21.8. The van der Waals surface area contributed by atoms with Gasteiger partial charge in [-0.3, -0.25) is 0 Å². The molecular formula is C28H44O7. The van der Waals surface area contributed by atoms with Crippen molar-refractivity contribution in [3.63, 3.8) is 0 Å². The molecule has 0 aliphatic carbocycles. The van der Waals surface area contributed by atoms with Crippen molar-refractivity contribution in [3.8, 4) is 11.5 Å². The smallest absolute Gasteiger partial charge is 0.210 e. The molecule has 0 saturated carbocycles. The summed E-state index contributed by atoms with van der Waals surface area (Å²) in [6.07, 6.45) is 3.49. The molecule has 2 unspecified atom stereocenters. The molecule has 7 heteroatoms. The Balaban J connectivity index is 2.33. The van der Waals surface area contributed by atoms with Crippen molar-refractivity contribution in [1.29, 1.82) is 0 Å². The van der Waals surface area contributed by atoms with Gasteiger partial charge in [-0.2, -0.15) is 0 Å². The predicted molar refractivity (Wildman–Crippen MR) is 136 cm³/mol. The zero-order chi connectivity index (χ0) is 26.1. The highest BCUT2D eigenvalue weighted by Crippen LogP contribution is 2.35. The lowest BCUT2D eigenvalue weighted by Gasteiger charge is -2.40. The number of phenols is 1.